The van der Waals surface area contributed by atoms with Crippen molar-refractivity contribution in [2.24, 2.45) is 0 Å². The number of allylic oxidation sites excluding steroid dienone is 2. The molecule has 1 aliphatic carbocycles. The molecule has 6 rings (SSSR count). The van der Waals surface area contributed by atoms with E-state index in [4.69, 9.17) is 0 Å². The maximum absolute atomic E-state index is 10.5. The maximum atomic E-state index is 10.5. The number of aliphatic hydroxyl groups excluding tert-OH is 1. The highest BCUT2D eigenvalue weighted by atomic mass is 16.3. The van der Waals surface area contributed by atoms with Crippen molar-refractivity contribution >= 4 is 22.5 Å². The zero-order chi connectivity index (χ0) is 22.5. The molecule has 0 saturated carbocycles. The molecule has 3 aromatic carbocycles. The smallest absolute Gasteiger partial charge is 0.128 e. The van der Waals surface area contributed by atoms with Crippen LogP contribution in [0.15, 0.2) is 84.8 Å². The Morgan fingerprint density at radius 2 is 1.47 bits per heavy atom. The lowest BCUT2D eigenvalue weighted by Gasteiger charge is -2.16. The lowest BCUT2D eigenvalue weighted by atomic mass is 10.1. The molecule has 0 bridgehead atoms. The number of nitrogens with zero attached hydrogens (tertiary/aromatic N) is 1. The van der Waals surface area contributed by atoms with E-state index in [2.05, 4.69) is 77.1 Å². The topological polar surface area (TPSA) is 35.5 Å². The number of hydrogen-bond donors (Lipinski definition) is 2. The van der Waals surface area contributed by atoms with Gasteiger partial charge in [0.15, 0.2) is 0 Å². The first kappa shape index (κ1) is 21.8. The van der Waals surface area contributed by atoms with Crippen molar-refractivity contribution in [2.45, 2.75) is 33.6 Å². The number of nitrogens with one attached hydrogen (secondary N) is 1. The fourth-order valence-electron chi connectivity index (χ4n) is 4.53. The molecule has 0 spiro atoms. The van der Waals surface area contributed by atoms with Crippen LogP contribution in [0.5, 0.6) is 0 Å². The number of fused-ring (bicyclic) bond motifs is 3. The van der Waals surface area contributed by atoms with Gasteiger partial charge in [-0.15, -0.1) is 0 Å². The molecule has 3 nitrogen and oxygen atoms in total. The summed E-state index contributed by atoms with van der Waals surface area (Å²) in [5.41, 5.74) is 9.55. The Hall–Kier alpha value is -3.46. The molecule has 0 atom stereocenters. The summed E-state index contributed by atoms with van der Waals surface area (Å²) in [5, 5.41) is 13.8. The highest BCUT2D eigenvalue weighted by molar-refractivity contribution is 5.98. The van der Waals surface area contributed by atoms with Gasteiger partial charge in [-0.05, 0) is 59.7 Å². The summed E-state index contributed by atoms with van der Waals surface area (Å²) in [5.74, 6) is 0.403. The fourth-order valence-corrected chi connectivity index (χ4v) is 4.53. The van der Waals surface area contributed by atoms with Gasteiger partial charge >= 0.3 is 0 Å². The zero-order valence-electron chi connectivity index (χ0n) is 19.2. The van der Waals surface area contributed by atoms with Crippen LogP contribution in [0, 0.1) is 0 Å². The van der Waals surface area contributed by atoms with Gasteiger partial charge in [0, 0.05) is 36.2 Å². The van der Waals surface area contributed by atoms with Gasteiger partial charge in [-0.25, -0.2) is 0 Å². The van der Waals surface area contributed by atoms with E-state index in [1.54, 1.807) is 0 Å². The maximum Gasteiger partial charge on any atom is 0.128 e. The third-order valence-electron chi connectivity index (χ3n) is 6.17. The van der Waals surface area contributed by atoms with E-state index >= 15 is 0 Å². The molecule has 0 aromatic heterocycles. The van der Waals surface area contributed by atoms with Crippen molar-refractivity contribution in [1.29, 1.82) is 0 Å². The molecule has 164 valence electrons. The van der Waals surface area contributed by atoms with Gasteiger partial charge in [0.1, 0.15) is 5.76 Å². The summed E-state index contributed by atoms with van der Waals surface area (Å²) < 4.78 is 0. The van der Waals surface area contributed by atoms with E-state index in [9.17, 15) is 5.11 Å². The van der Waals surface area contributed by atoms with Crippen LogP contribution in [0.25, 0.3) is 11.1 Å². The molecular weight excluding hydrogens is 392 g/mol. The summed E-state index contributed by atoms with van der Waals surface area (Å²) in [6.45, 7) is 8.06. The molecule has 2 heterocycles. The number of hydrogen-bond acceptors (Lipinski definition) is 3. The van der Waals surface area contributed by atoms with Crippen LogP contribution in [0.1, 0.15) is 43.0 Å². The van der Waals surface area contributed by atoms with Crippen molar-refractivity contribution in [3.05, 3.63) is 107 Å². The minimum atomic E-state index is 0.403. The van der Waals surface area contributed by atoms with Crippen LogP contribution in [0.2, 0.25) is 0 Å². The lowest BCUT2D eigenvalue weighted by molar-refractivity contribution is 0.442. The second-order valence-corrected chi connectivity index (χ2v) is 7.97. The van der Waals surface area contributed by atoms with Gasteiger partial charge in [-0.3, -0.25) is 0 Å². The van der Waals surface area contributed by atoms with Crippen LogP contribution < -0.4 is 10.2 Å². The molecule has 3 aromatic rings. The third kappa shape index (κ3) is 4.16. The van der Waals surface area contributed by atoms with E-state index in [-0.39, 0.29) is 0 Å². The summed E-state index contributed by atoms with van der Waals surface area (Å²) in [6, 6.07) is 25.1. The average molecular weight is 425 g/mol. The molecule has 0 unspecified atom stereocenters. The molecule has 2 N–H and O–H groups in total. The number of aliphatic hydroxyl groups is 1. The van der Waals surface area contributed by atoms with Crippen LogP contribution in [0.3, 0.4) is 0 Å². The minimum absolute atomic E-state index is 0.403. The molecule has 3 heteroatoms. The molecule has 2 aliphatic heterocycles. The third-order valence-corrected chi connectivity index (χ3v) is 6.17. The number of para-hydroxylation sites is 2. The molecule has 3 aliphatic rings. The molecular formula is C29H32N2O. The minimum Gasteiger partial charge on any atom is -0.507 e. The van der Waals surface area contributed by atoms with Gasteiger partial charge in [0.2, 0.25) is 0 Å². The van der Waals surface area contributed by atoms with Gasteiger partial charge < -0.3 is 15.3 Å². The Balaban J connectivity index is 0.000000185. The highest BCUT2D eigenvalue weighted by Gasteiger charge is 2.25. The molecule has 0 saturated heterocycles. The Kier molecular flexibility index (Phi) is 6.65. The molecule has 32 heavy (non-hydrogen) atoms. The molecule has 0 radical (unpaired) electrons. The Bertz CT molecular complexity index is 1140. The van der Waals surface area contributed by atoms with Crippen LogP contribution in [-0.2, 0) is 12.8 Å². The summed E-state index contributed by atoms with van der Waals surface area (Å²) >= 11 is 0. The van der Waals surface area contributed by atoms with Crippen LogP contribution in [-0.4, -0.2) is 18.2 Å². The predicted octanol–water partition coefficient (Wildman–Crippen LogP) is 7.07. The molecule has 0 amide bonds. The highest BCUT2D eigenvalue weighted by Crippen LogP contribution is 2.40. The quantitative estimate of drug-likeness (QED) is 0.438. The predicted molar refractivity (Wildman–Crippen MR) is 137 cm³/mol. The van der Waals surface area contributed by atoms with Crippen LogP contribution >= 0.6 is 0 Å². The second-order valence-electron chi connectivity index (χ2n) is 7.97. The Morgan fingerprint density at radius 1 is 0.812 bits per heavy atom. The van der Waals surface area contributed by atoms with Gasteiger partial charge in [0.25, 0.3) is 0 Å². The van der Waals surface area contributed by atoms with E-state index in [1.165, 1.54) is 28.9 Å². The SMILES string of the molecule is CC.CC1=C(O)/C(=C/N2CCc3ccccc32)c2ccccc21.c1ccc2c(c1)CCN2. The van der Waals surface area contributed by atoms with E-state index in [0.717, 1.165) is 41.8 Å². The summed E-state index contributed by atoms with van der Waals surface area (Å²) in [7, 11) is 0. The zero-order valence-corrected chi connectivity index (χ0v) is 19.2. The van der Waals surface area contributed by atoms with Crippen LogP contribution in [0.4, 0.5) is 11.4 Å². The van der Waals surface area contributed by atoms with Gasteiger partial charge in [-0.1, -0.05) is 74.5 Å². The van der Waals surface area contributed by atoms with Gasteiger partial charge in [0.05, 0.1) is 0 Å². The average Bonchev–Trinajstić information content (AvgIpc) is 3.55. The largest absolute Gasteiger partial charge is 0.507 e. The standard InChI is InChI=1S/C19H17NO.C8H9N.C2H6/c1-13-15-7-3-4-8-16(15)17(19(13)21)12-20-11-10-14-6-2-5-9-18(14)20;1-2-4-8-7(3-1)5-6-9-8;1-2/h2-9,12,21H,10-11H2,1H3;1-4,9H,5-6H2;1-2H3/b17-12+;;. The first-order valence-electron chi connectivity index (χ1n) is 11.6. The van der Waals surface area contributed by atoms with E-state index in [1.807, 2.05) is 32.9 Å². The van der Waals surface area contributed by atoms with Gasteiger partial charge in [-0.2, -0.15) is 0 Å². The Labute approximate surface area is 191 Å². The second kappa shape index (κ2) is 9.78. The molecule has 0 fully saturated rings. The number of rotatable bonds is 1. The first-order chi connectivity index (χ1) is 15.7. The van der Waals surface area contributed by atoms with Crippen molar-refractivity contribution in [3.8, 4) is 0 Å². The number of benzene rings is 3. The monoisotopic (exact) mass is 424 g/mol. The fraction of sp³-hybridized carbons (Fsp3) is 0.241. The lowest BCUT2D eigenvalue weighted by Crippen LogP contribution is -2.13. The summed E-state index contributed by atoms with van der Waals surface area (Å²) in [4.78, 5) is 2.25. The van der Waals surface area contributed by atoms with E-state index in [0.29, 0.717) is 5.76 Å². The van der Waals surface area contributed by atoms with Crippen molar-refractivity contribution in [1.82, 2.24) is 0 Å². The van der Waals surface area contributed by atoms with Crippen molar-refractivity contribution in [2.75, 3.05) is 23.3 Å². The Morgan fingerprint density at radius 3 is 2.25 bits per heavy atom. The van der Waals surface area contributed by atoms with E-state index < -0.39 is 0 Å². The van der Waals surface area contributed by atoms with Crippen molar-refractivity contribution < 1.29 is 5.11 Å². The van der Waals surface area contributed by atoms with Crippen molar-refractivity contribution in [3.63, 3.8) is 0 Å². The summed E-state index contributed by atoms with van der Waals surface area (Å²) in [6.07, 6.45) is 4.34. The number of anilines is 2. The first-order valence-corrected chi connectivity index (χ1v) is 11.6. The normalized spacial score (nSPS) is 16.3.